The molecular weight excluding hydrogens is 338 g/mol. The van der Waals surface area contributed by atoms with E-state index in [0.29, 0.717) is 28.1 Å². The maximum atomic E-state index is 13.2. The van der Waals surface area contributed by atoms with E-state index in [1.165, 1.54) is 0 Å². The SMILES string of the molecule is Cc1cccc(C)c1NC(=O)c1cc(-c2ccccc2)nc2onc(C)c12. The van der Waals surface area contributed by atoms with Crippen molar-refractivity contribution in [1.82, 2.24) is 10.1 Å². The molecule has 0 aliphatic carbocycles. The largest absolute Gasteiger partial charge is 0.335 e. The smallest absolute Gasteiger partial charge is 0.259 e. The Morgan fingerprint density at radius 1 is 0.963 bits per heavy atom. The summed E-state index contributed by atoms with van der Waals surface area (Å²) in [6.45, 7) is 5.76. The van der Waals surface area contributed by atoms with E-state index >= 15 is 0 Å². The van der Waals surface area contributed by atoms with Gasteiger partial charge < -0.3 is 9.84 Å². The molecule has 1 amide bonds. The lowest BCUT2D eigenvalue weighted by Crippen LogP contribution is -2.15. The van der Waals surface area contributed by atoms with Crippen molar-refractivity contribution in [2.45, 2.75) is 20.8 Å². The molecule has 0 radical (unpaired) electrons. The summed E-state index contributed by atoms with van der Waals surface area (Å²) in [4.78, 5) is 17.7. The Morgan fingerprint density at radius 3 is 2.37 bits per heavy atom. The average Bonchev–Trinajstić information content (AvgIpc) is 3.06. The van der Waals surface area contributed by atoms with Crippen molar-refractivity contribution in [3.8, 4) is 11.3 Å². The van der Waals surface area contributed by atoms with Gasteiger partial charge >= 0.3 is 0 Å². The first-order chi connectivity index (χ1) is 13.0. The van der Waals surface area contributed by atoms with Crippen molar-refractivity contribution in [2.75, 3.05) is 5.32 Å². The minimum atomic E-state index is -0.205. The van der Waals surface area contributed by atoms with Crippen LogP contribution in [-0.2, 0) is 0 Å². The Morgan fingerprint density at radius 2 is 1.67 bits per heavy atom. The van der Waals surface area contributed by atoms with Crippen molar-refractivity contribution in [3.05, 3.63) is 77.0 Å². The van der Waals surface area contributed by atoms with Gasteiger partial charge in [-0.15, -0.1) is 0 Å². The number of carbonyl (C=O) groups is 1. The van der Waals surface area contributed by atoms with Crippen LogP contribution >= 0.6 is 0 Å². The van der Waals surface area contributed by atoms with Crippen molar-refractivity contribution >= 4 is 22.7 Å². The number of aryl methyl sites for hydroxylation is 3. The Balaban J connectivity index is 1.84. The molecule has 1 N–H and O–H groups in total. The minimum Gasteiger partial charge on any atom is -0.335 e. The molecular formula is C22H19N3O2. The molecule has 0 fully saturated rings. The van der Waals surface area contributed by atoms with E-state index < -0.39 is 0 Å². The summed E-state index contributed by atoms with van der Waals surface area (Å²) in [5.41, 5.74) is 5.94. The van der Waals surface area contributed by atoms with Crippen LogP contribution in [0.25, 0.3) is 22.4 Å². The predicted molar refractivity (Wildman–Crippen MR) is 106 cm³/mol. The van der Waals surface area contributed by atoms with Crippen LogP contribution in [0.4, 0.5) is 5.69 Å². The summed E-state index contributed by atoms with van der Waals surface area (Å²) in [6, 6.07) is 17.4. The van der Waals surface area contributed by atoms with Gasteiger partial charge in [-0.1, -0.05) is 53.7 Å². The lowest BCUT2D eigenvalue weighted by atomic mass is 10.0. The maximum absolute atomic E-state index is 13.2. The van der Waals surface area contributed by atoms with Crippen molar-refractivity contribution < 1.29 is 9.32 Å². The Labute approximate surface area is 157 Å². The van der Waals surface area contributed by atoms with Crippen LogP contribution in [0.3, 0.4) is 0 Å². The number of amides is 1. The van der Waals surface area contributed by atoms with E-state index in [1.807, 2.05) is 69.3 Å². The third kappa shape index (κ3) is 3.08. The van der Waals surface area contributed by atoms with Crippen LogP contribution < -0.4 is 5.32 Å². The molecule has 0 saturated heterocycles. The second-order valence-corrected chi connectivity index (χ2v) is 6.59. The van der Waals surface area contributed by atoms with E-state index in [1.54, 1.807) is 6.07 Å². The number of pyridine rings is 1. The van der Waals surface area contributed by atoms with Crippen LogP contribution in [0.1, 0.15) is 27.2 Å². The molecule has 4 rings (SSSR count). The number of fused-ring (bicyclic) bond motifs is 1. The van der Waals surface area contributed by atoms with Gasteiger partial charge in [0.2, 0.25) is 0 Å². The number of nitrogens with zero attached hydrogens (tertiary/aromatic N) is 2. The van der Waals surface area contributed by atoms with Gasteiger partial charge in [-0.25, -0.2) is 4.98 Å². The van der Waals surface area contributed by atoms with Gasteiger partial charge in [0, 0.05) is 11.3 Å². The second kappa shape index (κ2) is 6.68. The topological polar surface area (TPSA) is 68.0 Å². The molecule has 0 spiro atoms. The van der Waals surface area contributed by atoms with E-state index in [0.717, 1.165) is 22.4 Å². The zero-order chi connectivity index (χ0) is 19.0. The number of anilines is 1. The highest BCUT2D eigenvalue weighted by Gasteiger charge is 2.20. The Hall–Kier alpha value is -3.47. The average molecular weight is 357 g/mol. The molecule has 4 aromatic rings. The van der Waals surface area contributed by atoms with Gasteiger partial charge in [0.1, 0.15) is 0 Å². The highest BCUT2D eigenvalue weighted by Crippen LogP contribution is 2.28. The molecule has 0 unspecified atom stereocenters. The van der Waals surface area contributed by atoms with Gasteiger partial charge in [-0.2, -0.15) is 0 Å². The van der Waals surface area contributed by atoms with Crippen LogP contribution in [0.2, 0.25) is 0 Å². The Kier molecular flexibility index (Phi) is 4.20. The molecule has 134 valence electrons. The lowest BCUT2D eigenvalue weighted by Gasteiger charge is -2.12. The summed E-state index contributed by atoms with van der Waals surface area (Å²) in [6.07, 6.45) is 0. The molecule has 2 aromatic heterocycles. The number of aromatic nitrogens is 2. The van der Waals surface area contributed by atoms with Gasteiger partial charge in [0.05, 0.1) is 22.3 Å². The van der Waals surface area contributed by atoms with E-state index in [9.17, 15) is 4.79 Å². The summed E-state index contributed by atoms with van der Waals surface area (Å²) in [5, 5.41) is 7.68. The fourth-order valence-electron chi connectivity index (χ4n) is 3.22. The van der Waals surface area contributed by atoms with Crippen molar-refractivity contribution in [1.29, 1.82) is 0 Å². The number of carbonyl (C=O) groups excluding carboxylic acids is 1. The molecule has 5 nitrogen and oxygen atoms in total. The zero-order valence-corrected chi connectivity index (χ0v) is 15.4. The Bertz CT molecular complexity index is 1130. The number of benzene rings is 2. The molecule has 0 bridgehead atoms. The first-order valence-electron chi connectivity index (χ1n) is 8.74. The molecule has 0 saturated carbocycles. The quantitative estimate of drug-likeness (QED) is 0.556. The maximum Gasteiger partial charge on any atom is 0.259 e. The van der Waals surface area contributed by atoms with Gasteiger partial charge in [0.25, 0.3) is 11.6 Å². The van der Waals surface area contributed by atoms with Crippen LogP contribution in [0.15, 0.2) is 59.1 Å². The molecule has 0 atom stereocenters. The van der Waals surface area contributed by atoms with E-state index in [-0.39, 0.29) is 5.91 Å². The number of hydrogen-bond donors (Lipinski definition) is 1. The monoisotopic (exact) mass is 357 g/mol. The molecule has 5 heteroatoms. The third-order valence-electron chi connectivity index (χ3n) is 4.65. The van der Waals surface area contributed by atoms with E-state index in [2.05, 4.69) is 15.5 Å². The van der Waals surface area contributed by atoms with Crippen molar-refractivity contribution in [3.63, 3.8) is 0 Å². The number of hydrogen-bond acceptors (Lipinski definition) is 4. The lowest BCUT2D eigenvalue weighted by molar-refractivity contribution is 0.102. The van der Waals surface area contributed by atoms with Gasteiger partial charge in [-0.3, -0.25) is 4.79 Å². The third-order valence-corrected chi connectivity index (χ3v) is 4.65. The van der Waals surface area contributed by atoms with Crippen molar-refractivity contribution in [2.24, 2.45) is 0 Å². The van der Waals surface area contributed by atoms with Gasteiger partial charge in [-0.05, 0) is 38.0 Å². The summed E-state index contributed by atoms with van der Waals surface area (Å²) < 4.78 is 5.36. The summed E-state index contributed by atoms with van der Waals surface area (Å²) >= 11 is 0. The standard InChI is InChI=1S/C22H19N3O2/c1-13-8-7-9-14(2)20(13)24-21(26)17-12-18(16-10-5-4-6-11-16)23-22-19(17)15(3)25-27-22/h4-12H,1-3H3,(H,24,26). The highest BCUT2D eigenvalue weighted by molar-refractivity contribution is 6.13. The molecule has 27 heavy (non-hydrogen) atoms. The fraction of sp³-hybridized carbons (Fsp3) is 0.136. The zero-order valence-electron chi connectivity index (χ0n) is 15.4. The molecule has 0 aliphatic heterocycles. The molecule has 0 aliphatic rings. The van der Waals surface area contributed by atoms with E-state index in [4.69, 9.17) is 4.52 Å². The summed E-state index contributed by atoms with van der Waals surface area (Å²) in [5.74, 6) is -0.205. The highest BCUT2D eigenvalue weighted by atomic mass is 16.5. The molecule has 2 heterocycles. The molecule has 2 aromatic carbocycles. The van der Waals surface area contributed by atoms with Crippen LogP contribution in [0, 0.1) is 20.8 Å². The van der Waals surface area contributed by atoms with Gasteiger partial charge in [0.15, 0.2) is 0 Å². The normalized spacial score (nSPS) is 10.9. The number of para-hydroxylation sites is 1. The number of rotatable bonds is 3. The van der Waals surface area contributed by atoms with Crippen LogP contribution in [-0.4, -0.2) is 16.0 Å². The second-order valence-electron chi connectivity index (χ2n) is 6.59. The minimum absolute atomic E-state index is 0.205. The first kappa shape index (κ1) is 17.0. The fourth-order valence-corrected chi connectivity index (χ4v) is 3.22. The summed E-state index contributed by atoms with van der Waals surface area (Å²) in [7, 11) is 0. The number of nitrogens with one attached hydrogen (secondary N) is 1. The van der Waals surface area contributed by atoms with Crippen LogP contribution in [0.5, 0.6) is 0 Å². The predicted octanol–water partition coefficient (Wildman–Crippen LogP) is 5.07. The first-order valence-corrected chi connectivity index (χ1v) is 8.74.